The van der Waals surface area contributed by atoms with Gasteiger partial charge in [0.2, 0.25) is 0 Å². The molecule has 0 aromatic carbocycles. The minimum Gasteiger partial charge on any atom is -0.329 e. The first-order valence-corrected chi connectivity index (χ1v) is 6.51. The smallest absolute Gasteiger partial charge is 0.0482 e. The zero-order chi connectivity index (χ0) is 13.5. The molecule has 1 unspecified atom stereocenters. The minimum absolute atomic E-state index is 0.206. The molecule has 2 rings (SSSR count). The maximum absolute atomic E-state index is 5.89. The van der Waals surface area contributed by atoms with Gasteiger partial charge in [-0.3, -0.25) is 14.9 Å². The molecule has 1 atom stereocenters. The van der Waals surface area contributed by atoms with Crippen molar-refractivity contribution in [3.63, 3.8) is 0 Å². The third-order valence-corrected chi connectivity index (χ3v) is 3.27. The molecule has 0 aliphatic rings. The normalized spacial score (nSPS) is 12.6. The van der Waals surface area contributed by atoms with Crippen LogP contribution in [0.2, 0.25) is 0 Å². The zero-order valence-electron chi connectivity index (χ0n) is 11.2. The molecule has 2 N–H and O–H groups in total. The van der Waals surface area contributed by atoms with Gasteiger partial charge in [-0.1, -0.05) is 12.1 Å². The number of aromatic nitrogens is 2. The van der Waals surface area contributed by atoms with Crippen LogP contribution in [-0.4, -0.2) is 35.0 Å². The highest BCUT2D eigenvalue weighted by molar-refractivity contribution is 5.14. The molecule has 0 radical (unpaired) electrons. The highest BCUT2D eigenvalue weighted by Crippen LogP contribution is 2.17. The predicted molar refractivity (Wildman–Crippen MR) is 76.6 cm³/mol. The quantitative estimate of drug-likeness (QED) is 0.854. The monoisotopic (exact) mass is 256 g/mol. The van der Waals surface area contributed by atoms with Crippen molar-refractivity contribution in [2.75, 3.05) is 20.1 Å². The summed E-state index contributed by atoms with van der Waals surface area (Å²) in [6, 6.07) is 10.2. The second kappa shape index (κ2) is 6.97. The summed E-state index contributed by atoms with van der Waals surface area (Å²) in [7, 11) is 2.09. The van der Waals surface area contributed by atoms with Gasteiger partial charge in [0.15, 0.2) is 0 Å². The van der Waals surface area contributed by atoms with Crippen LogP contribution >= 0.6 is 0 Å². The number of nitrogens with zero attached hydrogens (tertiary/aromatic N) is 3. The Morgan fingerprint density at radius 2 is 2.11 bits per heavy atom. The van der Waals surface area contributed by atoms with Crippen LogP contribution in [0.15, 0.2) is 48.9 Å². The Morgan fingerprint density at radius 1 is 1.21 bits per heavy atom. The number of hydrogen-bond acceptors (Lipinski definition) is 4. The van der Waals surface area contributed by atoms with Crippen molar-refractivity contribution in [1.29, 1.82) is 0 Å². The summed E-state index contributed by atoms with van der Waals surface area (Å²) >= 11 is 0. The standard InChI is InChI=1S/C15H20N4/c1-19(10-7-14-6-2-3-9-18-14)15(11-16)13-5-4-8-17-12-13/h2-6,8-9,12,15H,7,10-11,16H2,1H3. The molecule has 0 aliphatic heterocycles. The van der Waals surface area contributed by atoms with Gasteiger partial charge in [-0.25, -0.2) is 0 Å². The Morgan fingerprint density at radius 3 is 2.74 bits per heavy atom. The van der Waals surface area contributed by atoms with E-state index in [4.69, 9.17) is 5.73 Å². The molecule has 0 fully saturated rings. The first-order chi connectivity index (χ1) is 9.31. The fourth-order valence-electron chi connectivity index (χ4n) is 2.14. The van der Waals surface area contributed by atoms with Crippen molar-refractivity contribution in [2.24, 2.45) is 5.73 Å². The van der Waals surface area contributed by atoms with Crippen LogP contribution in [0.1, 0.15) is 17.3 Å². The van der Waals surface area contributed by atoms with Gasteiger partial charge in [-0.2, -0.15) is 0 Å². The van der Waals surface area contributed by atoms with Crippen molar-refractivity contribution in [3.05, 3.63) is 60.2 Å². The summed E-state index contributed by atoms with van der Waals surface area (Å²) in [5, 5.41) is 0. The topological polar surface area (TPSA) is 55.0 Å². The summed E-state index contributed by atoms with van der Waals surface area (Å²) in [6.07, 6.45) is 6.42. The second-order valence-corrected chi connectivity index (χ2v) is 4.59. The zero-order valence-corrected chi connectivity index (χ0v) is 11.2. The van der Waals surface area contributed by atoms with E-state index in [1.807, 2.05) is 30.6 Å². The molecule has 0 amide bonds. The summed E-state index contributed by atoms with van der Waals surface area (Å²) in [6.45, 7) is 1.51. The van der Waals surface area contributed by atoms with Crippen molar-refractivity contribution < 1.29 is 0 Å². The van der Waals surface area contributed by atoms with Gasteiger partial charge in [-0.15, -0.1) is 0 Å². The summed E-state index contributed by atoms with van der Waals surface area (Å²) in [4.78, 5) is 10.8. The minimum atomic E-state index is 0.206. The molecule has 0 spiro atoms. The number of likely N-dealkylation sites (N-methyl/N-ethyl adjacent to an activating group) is 1. The average Bonchev–Trinajstić information content (AvgIpc) is 2.48. The van der Waals surface area contributed by atoms with E-state index in [2.05, 4.69) is 34.0 Å². The molecule has 4 heteroatoms. The molecule has 2 aromatic rings. The van der Waals surface area contributed by atoms with E-state index in [0.29, 0.717) is 6.54 Å². The molecule has 0 saturated carbocycles. The second-order valence-electron chi connectivity index (χ2n) is 4.59. The van der Waals surface area contributed by atoms with Crippen molar-refractivity contribution in [2.45, 2.75) is 12.5 Å². The van der Waals surface area contributed by atoms with Crippen molar-refractivity contribution in [1.82, 2.24) is 14.9 Å². The number of nitrogens with two attached hydrogens (primary N) is 1. The van der Waals surface area contributed by atoms with Gasteiger partial charge in [-0.05, 0) is 30.8 Å². The van der Waals surface area contributed by atoms with Crippen LogP contribution in [-0.2, 0) is 6.42 Å². The maximum Gasteiger partial charge on any atom is 0.0482 e. The van der Waals surface area contributed by atoms with Crippen molar-refractivity contribution >= 4 is 0 Å². The van der Waals surface area contributed by atoms with Crippen LogP contribution in [0.5, 0.6) is 0 Å². The SMILES string of the molecule is CN(CCc1ccccn1)C(CN)c1cccnc1. The Balaban J connectivity index is 1.96. The Hall–Kier alpha value is -1.78. The highest BCUT2D eigenvalue weighted by Gasteiger charge is 2.15. The lowest BCUT2D eigenvalue weighted by Crippen LogP contribution is -2.32. The molecule has 2 aromatic heterocycles. The predicted octanol–water partition coefficient (Wildman–Crippen LogP) is 1.65. The molecule has 4 nitrogen and oxygen atoms in total. The fraction of sp³-hybridized carbons (Fsp3) is 0.333. The molecule has 100 valence electrons. The summed E-state index contributed by atoms with van der Waals surface area (Å²) < 4.78 is 0. The van der Waals surface area contributed by atoms with Crippen LogP contribution in [0, 0.1) is 0 Å². The van der Waals surface area contributed by atoms with Crippen molar-refractivity contribution in [3.8, 4) is 0 Å². The van der Waals surface area contributed by atoms with E-state index in [1.54, 1.807) is 6.20 Å². The van der Waals surface area contributed by atoms with E-state index >= 15 is 0 Å². The lowest BCUT2D eigenvalue weighted by Gasteiger charge is -2.26. The number of hydrogen-bond donors (Lipinski definition) is 1. The molecular weight excluding hydrogens is 236 g/mol. The molecule has 19 heavy (non-hydrogen) atoms. The third kappa shape index (κ3) is 3.84. The van der Waals surface area contributed by atoms with E-state index < -0.39 is 0 Å². The first-order valence-electron chi connectivity index (χ1n) is 6.51. The Labute approximate surface area is 114 Å². The fourth-order valence-corrected chi connectivity index (χ4v) is 2.14. The summed E-state index contributed by atoms with van der Waals surface area (Å²) in [5.74, 6) is 0. The van der Waals surface area contributed by atoms with E-state index in [0.717, 1.165) is 24.2 Å². The van der Waals surface area contributed by atoms with E-state index in [1.165, 1.54) is 0 Å². The number of pyridine rings is 2. The molecule has 0 bridgehead atoms. The largest absolute Gasteiger partial charge is 0.329 e. The Bertz CT molecular complexity index is 472. The first kappa shape index (κ1) is 13.6. The third-order valence-electron chi connectivity index (χ3n) is 3.27. The van der Waals surface area contributed by atoms with Crippen LogP contribution < -0.4 is 5.73 Å². The van der Waals surface area contributed by atoms with E-state index in [9.17, 15) is 0 Å². The molecule has 2 heterocycles. The maximum atomic E-state index is 5.89. The number of rotatable bonds is 6. The van der Waals surface area contributed by atoms with Gasteiger partial charge in [0.05, 0.1) is 0 Å². The molecular formula is C15H20N4. The van der Waals surface area contributed by atoms with Gasteiger partial charge in [0, 0.05) is 49.8 Å². The van der Waals surface area contributed by atoms with Crippen LogP contribution in [0.3, 0.4) is 0 Å². The van der Waals surface area contributed by atoms with Crippen LogP contribution in [0.4, 0.5) is 0 Å². The lowest BCUT2D eigenvalue weighted by molar-refractivity contribution is 0.252. The van der Waals surface area contributed by atoms with Gasteiger partial charge in [0.1, 0.15) is 0 Å². The average molecular weight is 256 g/mol. The molecule has 0 saturated heterocycles. The van der Waals surface area contributed by atoms with Gasteiger partial charge in [0.25, 0.3) is 0 Å². The highest BCUT2D eigenvalue weighted by atomic mass is 15.1. The van der Waals surface area contributed by atoms with Gasteiger partial charge >= 0.3 is 0 Å². The molecule has 0 aliphatic carbocycles. The van der Waals surface area contributed by atoms with Crippen LogP contribution in [0.25, 0.3) is 0 Å². The summed E-state index contributed by atoms with van der Waals surface area (Å²) in [5.41, 5.74) is 8.16. The lowest BCUT2D eigenvalue weighted by atomic mass is 10.1. The van der Waals surface area contributed by atoms with Gasteiger partial charge < -0.3 is 5.73 Å². The van der Waals surface area contributed by atoms with E-state index in [-0.39, 0.29) is 6.04 Å². The Kier molecular flexibility index (Phi) is 5.01.